The standard InChI is InChI=1S/C29H26ClF4N5O2/c1-35-26(40)3-2-10-36-11-12-41-27-9-5-19(16-37-27)28(18-4-8-25-20(13-18)17-38-39-25)23(15-29(32,33)34)22-7-6-21(31)14-24(22)30/h2-9,13-14,16-17,36H,10-12,15H2,1H3,(H,35,40)(H,38,39)/b3-2+,28-23-. The number of amides is 1. The van der Waals surface area contributed by atoms with E-state index in [1.54, 1.807) is 42.6 Å². The van der Waals surface area contributed by atoms with Crippen molar-refractivity contribution in [3.05, 3.63) is 101 Å². The predicted molar refractivity (Wildman–Crippen MR) is 150 cm³/mol. The Morgan fingerprint density at radius 1 is 1.10 bits per heavy atom. The topological polar surface area (TPSA) is 91.9 Å². The first kappa shape index (κ1) is 29.8. The van der Waals surface area contributed by atoms with Crippen LogP contribution in [0.3, 0.4) is 0 Å². The summed E-state index contributed by atoms with van der Waals surface area (Å²) >= 11 is 6.28. The molecule has 0 atom stereocenters. The highest BCUT2D eigenvalue weighted by molar-refractivity contribution is 6.32. The summed E-state index contributed by atoms with van der Waals surface area (Å²) in [6.45, 7) is 1.20. The van der Waals surface area contributed by atoms with Crippen molar-refractivity contribution >= 4 is 39.6 Å². The van der Waals surface area contributed by atoms with Gasteiger partial charge in [-0.2, -0.15) is 18.3 Å². The van der Waals surface area contributed by atoms with Crippen molar-refractivity contribution in [3.8, 4) is 5.88 Å². The van der Waals surface area contributed by atoms with E-state index in [1.165, 1.54) is 25.4 Å². The Bertz CT molecular complexity index is 1570. The molecule has 4 aromatic rings. The van der Waals surface area contributed by atoms with Gasteiger partial charge in [0.1, 0.15) is 12.4 Å². The molecule has 0 aliphatic carbocycles. The number of hydrogen-bond donors (Lipinski definition) is 3. The highest BCUT2D eigenvalue weighted by atomic mass is 35.5. The molecule has 0 saturated carbocycles. The second-order valence-corrected chi connectivity index (χ2v) is 9.30. The molecule has 214 valence electrons. The number of benzene rings is 2. The van der Waals surface area contributed by atoms with Gasteiger partial charge in [0, 0.05) is 49.4 Å². The minimum Gasteiger partial charge on any atom is -0.476 e. The number of nitrogens with one attached hydrogen (secondary N) is 3. The zero-order valence-corrected chi connectivity index (χ0v) is 22.6. The van der Waals surface area contributed by atoms with Crippen molar-refractivity contribution < 1.29 is 27.1 Å². The van der Waals surface area contributed by atoms with Crippen LogP contribution in [0.25, 0.3) is 22.0 Å². The lowest BCUT2D eigenvalue weighted by atomic mass is 9.88. The van der Waals surface area contributed by atoms with Crippen LogP contribution in [0.15, 0.2) is 73.1 Å². The van der Waals surface area contributed by atoms with E-state index in [9.17, 15) is 22.4 Å². The Morgan fingerprint density at radius 2 is 1.90 bits per heavy atom. The molecular weight excluding hydrogens is 562 g/mol. The molecule has 2 aromatic carbocycles. The molecule has 4 rings (SSSR count). The van der Waals surface area contributed by atoms with Gasteiger partial charge in [-0.15, -0.1) is 0 Å². The van der Waals surface area contributed by atoms with Crippen LogP contribution >= 0.6 is 11.6 Å². The number of alkyl halides is 3. The summed E-state index contributed by atoms with van der Waals surface area (Å²) in [5, 5.41) is 12.9. The number of hydrogen-bond acceptors (Lipinski definition) is 5. The Balaban J connectivity index is 1.67. The van der Waals surface area contributed by atoms with Gasteiger partial charge in [0.15, 0.2) is 0 Å². The van der Waals surface area contributed by atoms with Crippen molar-refractivity contribution in [3.63, 3.8) is 0 Å². The van der Waals surface area contributed by atoms with Crippen LogP contribution in [0.5, 0.6) is 5.88 Å². The van der Waals surface area contributed by atoms with Crippen LogP contribution in [-0.2, 0) is 4.79 Å². The van der Waals surface area contributed by atoms with Gasteiger partial charge in [0.05, 0.1) is 23.2 Å². The van der Waals surface area contributed by atoms with Gasteiger partial charge in [-0.1, -0.05) is 29.8 Å². The van der Waals surface area contributed by atoms with Crippen molar-refractivity contribution in [2.45, 2.75) is 12.6 Å². The smallest absolute Gasteiger partial charge is 0.393 e. The maximum Gasteiger partial charge on any atom is 0.393 e. The third-order valence-electron chi connectivity index (χ3n) is 6.00. The Kier molecular flexibility index (Phi) is 9.74. The molecule has 2 heterocycles. The second kappa shape index (κ2) is 13.4. The first-order valence-electron chi connectivity index (χ1n) is 12.5. The lowest BCUT2D eigenvalue weighted by Crippen LogP contribution is -2.22. The highest BCUT2D eigenvalue weighted by Gasteiger charge is 2.32. The van der Waals surface area contributed by atoms with Gasteiger partial charge in [-0.3, -0.25) is 9.89 Å². The third-order valence-corrected chi connectivity index (χ3v) is 6.31. The number of likely N-dealkylation sites (N-methyl/N-ethyl adjacent to an activating group) is 1. The lowest BCUT2D eigenvalue weighted by Gasteiger charge is -2.20. The number of aromatic amines is 1. The molecule has 0 fully saturated rings. The number of H-pyrrole nitrogens is 1. The number of carbonyl (C=O) groups is 1. The molecule has 7 nitrogen and oxygen atoms in total. The van der Waals surface area contributed by atoms with Gasteiger partial charge in [-0.25, -0.2) is 9.37 Å². The molecule has 41 heavy (non-hydrogen) atoms. The van der Waals surface area contributed by atoms with Gasteiger partial charge < -0.3 is 15.4 Å². The lowest BCUT2D eigenvalue weighted by molar-refractivity contribution is -0.123. The molecule has 3 N–H and O–H groups in total. The summed E-state index contributed by atoms with van der Waals surface area (Å²) in [6, 6.07) is 11.6. The van der Waals surface area contributed by atoms with Crippen LogP contribution < -0.4 is 15.4 Å². The number of halogens is 5. The largest absolute Gasteiger partial charge is 0.476 e. The first-order chi connectivity index (χ1) is 19.6. The Morgan fingerprint density at radius 3 is 2.61 bits per heavy atom. The molecular formula is C29H26ClF4N5O2. The van der Waals surface area contributed by atoms with E-state index in [2.05, 4.69) is 25.8 Å². The van der Waals surface area contributed by atoms with Gasteiger partial charge >= 0.3 is 6.18 Å². The minimum atomic E-state index is -4.59. The van der Waals surface area contributed by atoms with Crippen molar-refractivity contribution in [2.24, 2.45) is 0 Å². The van der Waals surface area contributed by atoms with Crippen LogP contribution in [-0.4, -0.2) is 54.0 Å². The summed E-state index contributed by atoms with van der Waals surface area (Å²) in [6.07, 6.45) is 0.189. The fourth-order valence-electron chi connectivity index (χ4n) is 4.14. The SMILES string of the molecule is CNC(=O)/C=C/CNCCOc1ccc(/C(=C(/CC(F)(F)F)c2ccc(F)cc2Cl)c2ccc3[nH]ncc3c2)cn1. The molecule has 0 unspecified atom stereocenters. The molecule has 12 heteroatoms. The van der Waals surface area contributed by atoms with Crippen LogP contribution in [0.1, 0.15) is 23.1 Å². The predicted octanol–water partition coefficient (Wildman–Crippen LogP) is 5.93. The fourth-order valence-corrected chi connectivity index (χ4v) is 4.42. The summed E-state index contributed by atoms with van der Waals surface area (Å²) < 4.78 is 61.3. The number of carbonyl (C=O) groups excluding carboxylic acids is 1. The van der Waals surface area contributed by atoms with Crippen molar-refractivity contribution in [2.75, 3.05) is 26.7 Å². The maximum atomic E-state index is 13.9. The molecule has 2 aromatic heterocycles. The molecule has 0 aliphatic heterocycles. The Labute approximate surface area is 238 Å². The van der Waals surface area contributed by atoms with E-state index in [0.29, 0.717) is 35.1 Å². The van der Waals surface area contributed by atoms with E-state index in [-0.39, 0.29) is 40.1 Å². The van der Waals surface area contributed by atoms with E-state index in [0.717, 1.165) is 12.1 Å². The molecule has 1 amide bonds. The Hall–Kier alpha value is -4.22. The number of nitrogens with zero attached hydrogens (tertiary/aromatic N) is 2. The van der Waals surface area contributed by atoms with Crippen LogP contribution in [0.2, 0.25) is 5.02 Å². The average molecular weight is 588 g/mol. The van der Waals surface area contributed by atoms with E-state index in [1.807, 2.05) is 0 Å². The quantitative estimate of drug-likeness (QED) is 0.0875. The third kappa shape index (κ3) is 8.15. The molecule has 0 radical (unpaired) electrons. The summed E-state index contributed by atoms with van der Waals surface area (Å²) in [7, 11) is 1.54. The molecule has 0 spiro atoms. The second-order valence-electron chi connectivity index (χ2n) is 8.90. The first-order valence-corrected chi connectivity index (χ1v) is 12.9. The number of rotatable bonds is 11. The van der Waals surface area contributed by atoms with Crippen LogP contribution in [0.4, 0.5) is 17.6 Å². The van der Waals surface area contributed by atoms with E-state index >= 15 is 0 Å². The summed E-state index contributed by atoms with van der Waals surface area (Å²) in [5.41, 5.74) is 1.74. The van der Waals surface area contributed by atoms with Crippen molar-refractivity contribution in [1.82, 2.24) is 25.8 Å². The maximum absolute atomic E-state index is 13.9. The normalized spacial score (nSPS) is 12.5. The molecule has 0 bridgehead atoms. The number of ether oxygens (including phenoxy) is 1. The fraction of sp³-hybridized carbons (Fsp3) is 0.207. The van der Waals surface area contributed by atoms with E-state index < -0.39 is 18.4 Å². The van der Waals surface area contributed by atoms with E-state index in [4.69, 9.17) is 16.3 Å². The number of aromatic nitrogens is 3. The zero-order chi connectivity index (χ0) is 29.4. The minimum absolute atomic E-state index is 0.0598. The van der Waals surface area contributed by atoms with Crippen molar-refractivity contribution in [1.29, 1.82) is 0 Å². The number of allylic oxidation sites excluding steroid dienone is 1. The van der Waals surface area contributed by atoms with Gasteiger partial charge in [0.2, 0.25) is 11.8 Å². The number of fused-ring (bicyclic) bond motifs is 1. The van der Waals surface area contributed by atoms with Gasteiger partial charge in [-0.05, 0) is 52.6 Å². The number of pyridine rings is 1. The highest BCUT2D eigenvalue weighted by Crippen LogP contribution is 2.42. The average Bonchev–Trinajstić information content (AvgIpc) is 3.40. The zero-order valence-electron chi connectivity index (χ0n) is 21.9. The summed E-state index contributed by atoms with van der Waals surface area (Å²) in [5.74, 6) is -0.588. The van der Waals surface area contributed by atoms with Crippen LogP contribution in [0, 0.1) is 5.82 Å². The monoisotopic (exact) mass is 587 g/mol. The summed E-state index contributed by atoms with van der Waals surface area (Å²) in [4.78, 5) is 15.5. The van der Waals surface area contributed by atoms with Gasteiger partial charge in [0.25, 0.3) is 0 Å². The molecule has 0 saturated heterocycles. The molecule has 0 aliphatic rings.